The van der Waals surface area contributed by atoms with Gasteiger partial charge in [-0.3, -0.25) is 0 Å². The van der Waals surface area contributed by atoms with E-state index in [1.807, 2.05) is 6.92 Å². The second-order valence-corrected chi connectivity index (χ2v) is 3.10. The lowest BCUT2D eigenvalue weighted by atomic mass is 10.1. The first kappa shape index (κ1) is 11.7. The van der Waals surface area contributed by atoms with Crippen molar-refractivity contribution in [2.24, 2.45) is 0 Å². The molecule has 0 aliphatic heterocycles. The molecule has 0 spiro atoms. The predicted molar refractivity (Wildman–Crippen MR) is 51.6 cm³/mol. The van der Waals surface area contributed by atoms with E-state index in [-0.39, 0.29) is 5.69 Å². The number of halogens is 3. The zero-order valence-corrected chi connectivity index (χ0v) is 8.27. The van der Waals surface area contributed by atoms with Gasteiger partial charge in [0, 0.05) is 11.8 Å². The van der Waals surface area contributed by atoms with Crippen LogP contribution in [0.15, 0.2) is 18.2 Å². The summed E-state index contributed by atoms with van der Waals surface area (Å²) in [5, 5.41) is 0. The fourth-order valence-electron chi connectivity index (χ4n) is 1.11. The Kier molecular flexibility index (Phi) is 3.44. The third kappa shape index (κ3) is 3.04. The van der Waals surface area contributed by atoms with Crippen LogP contribution in [0.1, 0.15) is 18.9 Å². The van der Waals surface area contributed by atoms with E-state index in [1.165, 1.54) is 12.1 Å². The highest BCUT2D eigenvalue weighted by Gasteiger charge is 2.32. The normalized spacial score (nSPS) is 11.5. The number of alkyl halides is 3. The lowest BCUT2D eigenvalue weighted by Crippen LogP contribution is -2.09. The van der Waals surface area contributed by atoms with Gasteiger partial charge in [0.15, 0.2) is 0 Å². The molecule has 0 saturated heterocycles. The standard InChI is InChI=1S/C10H12F3NO/c1-2-5-15-7-3-4-8(9(14)6-7)10(11,12)13/h3-4,6H,2,5,14H2,1H3. The molecular weight excluding hydrogens is 207 g/mol. The van der Waals surface area contributed by atoms with Gasteiger partial charge in [0.25, 0.3) is 0 Å². The minimum Gasteiger partial charge on any atom is -0.494 e. The highest BCUT2D eigenvalue weighted by atomic mass is 19.4. The molecule has 0 radical (unpaired) electrons. The number of anilines is 1. The highest BCUT2D eigenvalue weighted by Crippen LogP contribution is 2.35. The molecular formula is C10H12F3NO. The Morgan fingerprint density at radius 1 is 1.33 bits per heavy atom. The first-order valence-electron chi connectivity index (χ1n) is 4.54. The van der Waals surface area contributed by atoms with Gasteiger partial charge in [0.05, 0.1) is 12.2 Å². The molecule has 0 saturated carbocycles. The summed E-state index contributed by atoms with van der Waals surface area (Å²) < 4.78 is 42.1. The quantitative estimate of drug-likeness (QED) is 0.793. The third-order valence-corrected chi connectivity index (χ3v) is 1.80. The fraction of sp³-hybridized carbons (Fsp3) is 0.400. The SMILES string of the molecule is CCCOc1ccc(C(F)(F)F)c(N)c1. The van der Waals surface area contributed by atoms with Gasteiger partial charge in [-0.25, -0.2) is 0 Å². The topological polar surface area (TPSA) is 35.2 Å². The number of hydrogen-bond acceptors (Lipinski definition) is 2. The molecule has 0 aliphatic carbocycles. The Balaban J connectivity index is 2.89. The Morgan fingerprint density at radius 2 is 2.00 bits per heavy atom. The van der Waals surface area contributed by atoms with E-state index >= 15 is 0 Å². The van der Waals surface area contributed by atoms with Crippen LogP contribution in [0.5, 0.6) is 5.75 Å². The van der Waals surface area contributed by atoms with E-state index < -0.39 is 11.7 Å². The largest absolute Gasteiger partial charge is 0.494 e. The molecule has 0 bridgehead atoms. The van der Waals surface area contributed by atoms with Crippen LogP contribution in [0, 0.1) is 0 Å². The van der Waals surface area contributed by atoms with Crippen LogP contribution in [-0.4, -0.2) is 6.61 Å². The Labute approximate surface area is 85.8 Å². The fourth-order valence-corrected chi connectivity index (χ4v) is 1.11. The van der Waals surface area contributed by atoms with Crippen molar-refractivity contribution < 1.29 is 17.9 Å². The molecule has 1 aromatic rings. The molecule has 1 rings (SSSR count). The number of ether oxygens (including phenoxy) is 1. The minimum absolute atomic E-state index is 0.309. The van der Waals surface area contributed by atoms with Crippen LogP contribution in [0.2, 0.25) is 0 Å². The summed E-state index contributed by atoms with van der Waals surface area (Å²) in [5.41, 5.74) is 4.14. The molecule has 0 amide bonds. The molecule has 2 N–H and O–H groups in total. The Hall–Kier alpha value is -1.39. The molecule has 0 fully saturated rings. The van der Waals surface area contributed by atoms with Gasteiger partial charge < -0.3 is 10.5 Å². The zero-order valence-electron chi connectivity index (χ0n) is 8.27. The minimum atomic E-state index is -4.41. The molecule has 0 aliphatic rings. The van der Waals surface area contributed by atoms with Crippen molar-refractivity contribution in [2.45, 2.75) is 19.5 Å². The first-order chi connectivity index (χ1) is 6.95. The van der Waals surface area contributed by atoms with Crippen molar-refractivity contribution in [3.63, 3.8) is 0 Å². The molecule has 0 unspecified atom stereocenters. The second-order valence-electron chi connectivity index (χ2n) is 3.10. The Bertz CT molecular complexity index is 336. The summed E-state index contributed by atoms with van der Waals surface area (Å²) in [6.07, 6.45) is -3.62. The van der Waals surface area contributed by atoms with Crippen LogP contribution < -0.4 is 10.5 Å². The molecule has 2 nitrogen and oxygen atoms in total. The van der Waals surface area contributed by atoms with Gasteiger partial charge in [0.1, 0.15) is 5.75 Å². The zero-order chi connectivity index (χ0) is 11.5. The van der Waals surface area contributed by atoms with Gasteiger partial charge in [-0.15, -0.1) is 0 Å². The van der Waals surface area contributed by atoms with Crippen LogP contribution in [-0.2, 0) is 6.18 Å². The summed E-state index contributed by atoms with van der Waals surface area (Å²) in [5.74, 6) is 0.363. The van der Waals surface area contributed by atoms with E-state index in [1.54, 1.807) is 0 Å². The number of hydrogen-bond donors (Lipinski definition) is 1. The van der Waals surface area contributed by atoms with E-state index in [2.05, 4.69) is 0 Å². The number of benzene rings is 1. The number of rotatable bonds is 3. The monoisotopic (exact) mass is 219 g/mol. The molecule has 84 valence electrons. The summed E-state index contributed by atoms with van der Waals surface area (Å²) in [7, 11) is 0. The van der Waals surface area contributed by atoms with E-state index in [9.17, 15) is 13.2 Å². The van der Waals surface area contributed by atoms with Crippen molar-refractivity contribution in [3.05, 3.63) is 23.8 Å². The number of nitrogens with two attached hydrogens (primary N) is 1. The van der Waals surface area contributed by atoms with Crippen molar-refractivity contribution in [1.29, 1.82) is 0 Å². The van der Waals surface area contributed by atoms with Crippen molar-refractivity contribution in [2.75, 3.05) is 12.3 Å². The van der Waals surface area contributed by atoms with Crippen LogP contribution in [0.25, 0.3) is 0 Å². The maximum atomic E-state index is 12.3. The van der Waals surface area contributed by atoms with Gasteiger partial charge in [-0.2, -0.15) is 13.2 Å². The summed E-state index contributed by atoms with van der Waals surface area (Å²) in [6, 6.07) is 3.40. The highest BCUT2D eigenvalue weighted by molar-refractivity contribution is 5.52. The second kappa shape index (κ2) is 4.42. The average molecular weight is 219 g/mol. The van der Waals surface area contributed by atoms with Gasteiger partial charge >= 0.3 is 6.18 Å². The van der Waals surface area contributed by atoms with Crippen molar-refractivity contribution in [3.8, 4) is 5.75 Å². The van der Waals surface area contributed by atoms with E-state index in [0.29, 0.717) is 12.4 Å². The van der Waals surface area contributed by atoms with Crippen LogP contribution in [0.3, 0.4) is 0 Å². The third-order valence-electron chi connectivity index (χ3n) is 1.80. The smallest absolute Gasteiger partial charge is 0.418 e. The van der Waals surface area contributed by atoms with E-state index in [0.717, 1.165) is 12.5 Å². The summed E-state index contributed by atoms with van der Waals surface area (Å²) in [6.45, 7) is 2.37. The first-order valence-corrected chi connectivity index (χ1v) is 4.54. The molecule has 0 aromatic heterocycles. The van der Waals surface area contributed by atoms with E-state index in [4.69, 9.17) is 10.5 Å². The predicted octanol–water partition coefficient (Wildman–Crippen LogP) is 3.08. The maximum Gasteiger partial charge on any atom is 0.418 e. The molecule has 5 heteroatoms. The van der Waals surface area contributed by atoms with Crippen molar-refractivity contribution in [1.82, 2.24) is 0 Å². The van der Waals surface area contributed by atoms with Crippen molar-refractivity contribution >= 4 is 5.69 Å². The van der Waals surface area contributed by atoms with Gasteiger partial charge in [-0.05, 0) is 18.6 Å². The summed E-state index contributed by atoms with van der Waals surface area (Å²) in [4.78, 5) is 0. The molecule has 0 heterocycles. The molecule has 15 heavy (non-hydrogen) atoms. The number of nitrogen functional groups attached to an aromatic ring is 1. The van der Waals surface area contributed by atoms with Gasteiger partial charge in [-0.1, -0.05) is 6.92 Å². The van der Waals surface area contributed by atoms with Crippen LogP contribution >= 0.6 is 0 Å². The van der Waals surface area contributed by atoms with Gasteiger partial charge in [0.2, 0.25) is 0 Å². The Morgan fingerprint density at radius 3 is 2.47 bits per heavy atom. The maximum absolute atomic E-state index is 12.3. The molecule has 0 atom stereocenters. The van der Waals surface area contributed by atoms with Crippen LogP contribution in [0.4, 0.5) is 18.9 Å². The average Bonchev–Trinajstić information content (AvgIpc) is 2.12. The lowest BCUT2D eigenvalue weighted by Gasteiger charge is -2.11. The molecule has 1 aromatic carbocycles. The lowest BCUT2D eigenvalue weighted by molar-refractivity contribution is -0.136. The summed E-state index contributed by atoms with van der Waals surface area (Å²) >= 11 is 0.